The summed E-state index contributed by atoms with van der Waals surface area (Å²) in [5.41, 5.74) is 0. The third-order valence-electron chi connectivity index (χ3n) is 4.27. The third-order valence-corrected chi connectivity index (χ3v) is 4.27. The Morgan fingerprint density at radius 1 is 1.23 bits per heavy atom. The number of carbonyl (C=O) groups excluding carboxylic acids is 2. The number of furan rings is 1. The normalized spacial score (nSPS) is 15.1. The second kappa shape index (κ2) is 9.84. The zero-order chi connectivity index (χ0) is 18.9. The van der Waals surface area contributed by atoms with Gasteiger partial charge < -0.3 is 24.4 Å². The fourth-order valence-corrected chi connectivity index (χ4v) is 2.61. The minimum atomic E-state index is -0.0881. The third kappa shape index (κ3) is 5.50. The molecule has 0 atom stereocenters. The Morgan fingerprint density at radius 2 is 1.92 bits per heavy atom. The SMILES string of the molecule is CCCCNC(=NCC(=O)N(C)C)N1CCN(C(=O)c2ccco2)CC1. The minimum Gasteiger partial charge on any atom is -0.459 e. The first kappa shape index (κ1) is 19.8. The van der Waals surface area contributed by atoms with E-state index in [0.717, 1.165) is 25.3 Å². The van der Waals surface area contributed by atoms with Gasteiger partial charge in [-0.1, -0.05) is 13.3 Å². The van der Waals surface area contributed by atoms with Crippen molar-refractivity contribution in [3.63, 3.8) is 0 Å². The van der Waals surface area contributed by atoms with Gasteiger partial charge in [0.15, 0.2) is 11.7 Å². The Labute approximate surface area is 154 Å². The molecular formula is C18H29N5O3. The van der Waals surface area contributed by atoms with Gasteiger partial charge in [0.2, 0.25) is 5.91 Å². The van der Waals surface area contributed by atoms with Crippen molar-refractivity contribution in [2.24, 2.45) is 4.99 Å². The Kier molecular flexibility index (Phi) is 7.50. The first-order valence-electron chi connectivity index (χ1n) is 9.09. The highest BCUT2D eigenvalue weighted by Gasteiger charge is 2.25. The molecule has 0 spiro atoms. The smallest absolute Gasteiger partial charge is 0.289 e. The lowest BCUT2D eigenvalue weighted by Crippen LogP contribution is -2.54. The summed E-state index contributed by atoms with van der Waals surface area (Å²) in [5.74, 6) is 0.977. The largest absolute Gasteiger partial charge is 0.459 e. The van der Waals surface area contributed by atoms with Crippen molar-refractivity contribution < 1.29 is 14.0 Å². The molecule has 0 aromatic carbocycles. The lowest BCUT2D eigenvalue weighted by molar-refractivity contribution is -0.127. The average Bonchev–Trinajstić information content (AvgIpc) is 3.18. The molecule has 8 nitrogen and oxygen atoms in total. The van der Waals surface area contributed by atoms with Gasteiger partial charge in [-0.15, -0.1) is 0 Å². The van der Waals surface area contributed by atoms with Gasteiger partial charge in [-0.2, -0.15) is 0 Å². The summed E-state index contributed by atoms with van der Waals surface area (Å²) in [6.07, 6.45) is 3.63. The molecule has 1 N–H and O–H groups in total. The van der Waals surface area contributed by atoms with Crippen molar-refractivity contribution in [2.75, 3.05) is 53.4 Å². The summed E-state index contributed by atoms with van der Waals surface area (Å²) in [4.78, 5) is 34.1. The summed E-state index contributed by atoms with van der Waals surface area (Å²) < 4.78 is 5.19. The number of guanidine groups is 1. The van der Waals surface area contributed by atoms with E-state index >= 15 is 0 Å². The first-order valence-corrected chi connectivity index (χ1v) is 9.09. The molecule has 1 saturated heterocycles. The Morgan fingerprint density at radius 3 is 2.50 bits per heavy atom. The van der Waals surface area contributed by atoms with Crippen molar-refractivity contribution in [2.45, 2.75) is 19.8 Å². The molecule has 0 saturated carbocycles. The molecule has 0 radical (unpaired) electrons. The monoisotopic (exact) mass is 363 g/mol. The van der Waals surface area contributed by atoms with Crippen LogP contribution in [0, 0.1) is 0 Å². The predicted molar refractivity (Wildman–Crippen MR) is 100 cm³/mol. The van der Waals surface area contributed by atoms with Crippen LogP contribution in [0.4, 0.5) is 0 Å². The molecule has 8 heteroatoms. The minimum absolute atomic E-state index is 0.0357. The van der Waals surface area contributed by atoms with Gasteiger partial charge in [0.25, 0.3) is 5.91 Å². The van der Waals surface area contributed by atoms with Crippen molar-refractivity contribution in [1.82, 2.24) is 20.0 Å². The van der Waals surface area contributed by atoms with Gasteiger partial charge in [0, 0.05) is 46.8 Å². The molecule has 2 amide bonds. The number of unbranched alkanes of at least 4 members (excludes halogenated alkanes) is 1. The number of nitrogens with zero attached hydrogens (tertiary/aromatic N) is 4. The van der Waals surface area contributed by atoms with E-state index < -0.39 is 0 Å². The molecule has 26 heavy (non-hydrogen) atoms. The zero-order valence-corrected chi connectivity index (χ0v) is 15.9. The van der Waals surface area contributed by atoms with E-state index in [1.54, 1.807) is 31.1 Å². The Bertz CT molecular complexity index is 604. The first-order chi connectivity index (χ1) is 12.5. The van der Waals surface area contributed by atoms with Crippen LogP contribution in [-0.4, -0.2) is 85.8 Å². The Hall–Kier alpha value is -2.51. The topological polar surface area (TPSA) is 81.4 Å². The molecule has 0 bridgehead atoms. The maximum atomic E-state index is 12.4. The Balaban J connectivity index is 1.94. The number of hydrogen-bond acceptors (Lipinski definition) is 4. The van der Waals surface area contributed by atoms with Gasteiger partial charge >= 0.3 is 0 Å². The van der Waals surface area contributed by atoms with E-state index in [4.69, 9.17) is 4.42 Å². The summed E-state index contributed by atoms with van der Waals surface area (Å²) in [5, 5.41) is 3.34. The molecule has 1 fully saturated rings. The number of piperazine rings is 1. The second-order valence-electron chi connectivity index (χ2n) is 6.46. The fraction of sp³-hybridized carbons (Fsp3) is 0.611. The van der Waals surface area contributed by atoms with Crippen LogP contribution in [0.15, 0.2) is 27.8 Å². The zero-order valence-electron chi connectivity index (χ0n) is 15.9. The number of rotatable bonds is 6. The van der Waals surface area contributed by atoms with Crippen molar-refractivity contribution in [1.29, 1.82) is 0 Å². The van der Waals surface area contributed by atoms with E-state index in [1.165, 1.54) is 11.2 Å². The standard InChI is InChI=1S/C18H29N5O3/c1-4-5-8-19-18(20-14-16(24)21(2)3)23-11-9-22(10-12-23)17(25)15-7-6-13-26-15/h6-7,13H,4-5,8-12,14H2,1-3H3,(H,19,20). The summed E-state index contributed by atoms with van der Waals surface area (Å²) >= 11 is 0. The van der Waals surface area contributed by atoms with E-state index in [-0.39, 0.29) is 18.4 Å². The van der Waals surface area contributed by atoms with Crippen molar-refractivity contribution >= 4 is 17.8 Å². The molecular weight excluding hydrogens is 334 g/mol. The van der Waals surface area contributed by atoms with Crippen LogP contribution in [0.3, 0.4) is 0 Å². The van der Waals surface area contributed by atoms with Gasteiger partial charge in [0.1, 0.15) is 6.54 Å². The highest BCUT2D eigenvalue weighted by Crippen LogP contribution is 2.09. The predicted octanol–water partition coefficient (Wildman–Crippen LogP) is 0.871. The van der Waals surface area contributed by atoms with Crippen LogP contribution in [0.5, 0.6) is 0 Å². The van der Waals surface area contributed by atoms with Crippen LogP contribution in [0.2, 0.25) is 0 Å². The second-order valence-corrected chi connectivity index (χ2v) is 6.46. The van der Waals surface area contributed by atoms with Gasteiger partial charge in [-0.3, -0.25) is 9.59 Å². The summed E-state index contributed by atoms with van der Waals surface area (Å²) in [7, 11) is 3.45. The van der Waals surface area contributed by atoms with Crippen LogP contribution >= 0.6 is 0 Å². The molecule has 0 aliphatic carbocycles. The van der Waals surface area contributed by atoms with E-state index in [1.807, 2.05) is 0 Å². The highest BCUT2D eigenvalue weighted by molar-refractivity contribution is 5.91. The number of amides is 2. The molecule has 2 heterocycles. The van der Waals surface area contributed by atoms with Crippen LogP contribution in [0.25, 0.3) is 0 Å². The number of likely N-dealkylation sites (N-methyl/N-ethyl adjacent to an activating group) is 1. The molecule has 1 aliphatic rings. The molecule has 1 aliphatic heterocycles. The number of nitrogens with one attached hydrogen (secondary N) is 1. The maximum Gasteiger partial charge on any atom is 0.289 e. The van der Waals surface area contributed by atoms with E-state index in [2.05, 4.69) is 22.1 Å². The molecule has 1 aromatic rings. The lowest BCUT2D eigenvalue weighted by atomic mass is 10.3. The molecule has 2 rings (SSSR count). The molecule has 0 unspecified atom stereocenters. The fourth-order valence-electron chi connectivity index (χ4n) is 2.61. The lowest BCUT2D eigenvalue weighted by Gasteiger charge is -2.36. The average molecular weight is 363 g/mol. The van der Waals surface area contributed by atoms with Crippen LogP contribution in [0.1, 0.15) is 30.3 Å². The molecule has 1 aromatic heterocycles. The maximum absolute atomic E-state index is 12.4. The molecule has 144 valence electrons. The number of carbonyl (C=O) groups is 2. The van der Waals surface area contributed by atoms with Gasteiger partial charge in [-0.25, -0.2) is 4.99 Å². The van der Waals surface area contributed by atoms with E-state index in [9.17, 15) is 9.59 Å². The number of aliphatic imine (C=N–C) groups is 1. The number of hydrogen-bond donors (Lipinski definition) is 1. The van der Waals surface area contributed by atoms with Crippen LogP contribution in [-0.2, 0) is 4.79 Å². The van der Waals surface area contributed by atoms with Crippen LogP contribution < -0.4 is 5.32 Å². The van der Waals surface area contributed by atoms with Gasteiger partial charge in [-0.05, 0) is 18.6 Å². The quantitative estimate of drug-likeness (QED) is 0.461. The highest BCUT2D eigenvalue weighted by atomic mass is 16.3. The summed E-state index contributed by atoms with van der Waals surface area (Å²) in [6, 6.07) is 3.40. The van der Waals surface area contributed by atoms with Crippen molar-refractivity contribution in [3.05, 3.63) is 24.2 Å². The summed E-state index contributed by atoms with van der Waals surface area (Å²) in [6.45, 7) is 5.59. The van der Waals surface area contributed by atoms with Gasteiger partial charge in [0.05, 0.1) is 6.26 Å². The van der Waals surface area contributed by atoms with Crippen molar-refractivity contribution in [3.8, 4) is 0 Å². The van der Waals surface area contributed by atoms with E-state index in [0.29, 0.717) is 31.9 Å².